The Morgan fingerprint density at radius 3 is 1.59 bits per heavy atom. The molecule has 71 heavy (non-hydrogen) atoms. The second kappa shape index (κ2) is 16.1. The van der Waals surface area contributed by atoms with E-state index in [0.717, 1.165) is 6.42 Å². The number of hydrogen-bond donors (Lipinski definition) is 0. The van der Waals surface area contributed by atoms with Crippen LogP contribution in [0.15, 0.2) is 183 Å². The lowest BCUT2D eigenvalue weighted by Crippen LogP contribution is -2.72. The molecule has 0 fully saturated rings. The number of aryl methyl sites for hydroxylation is 3. The summed E-state index contributed by atoms with van der Waals surface area (Å²) in [6.07, 6.45) is 10.7. The second-order valence-corrected chi connectivity index (χ2v) is 33.2. The Morgan fingerprint density at radius 2 is 0.958 bits per heavy atom. The van der Waals surface area contributed by atoms with Crippen LogP contribution in [-0.2, 0) is 17.7 Å². The van der Waals surface area contributed by atoms with Crippen LogP contribution >= 0.6 is 0 Å². The third kappa shape index (κ3) is 6.53. The predicted molar refractivity (Wildman–Crippen MR) is 296 cm³/mol. The van der Waals surface area contributed by atoms with Gasteiger partial charge in [0, 0.05) is 46.8 Å². The van der Waals surface area contributed by atoms with Crippen LogP contribution in [0.25, 0.3) is 56.2 Å². The maximum atomic E-state index is 2.64. The molecule has 0 radical (unpaired) electrons. The largest absolute Gasteiger partial charge is 0.417 e. The van der Waals surface area contributed by atoms with Crippen molar-refractivity contribution in [1.29, 1.82) is 0 Å². The summed E-state index contributed by atoms with van der Waals surface area (Å²) < 4.78 is 10.3. The number of nitrogens with zero attached hydrogens (tertiary/aromatic N) is 4. The number of hydrogen-bond acceptors (Lipinski definition) is 0. The van der Waals surface area contributed by atoms with Crippen molar-refractivity contribution in [2.24, 2.45) is 5.92 Å². The molecule has 4 aliphatic rings. The molecule has 4 aliphatic heterocycles. The van der Waals surface area contributed by atoms with E-state index in [1.807, 2.05) is 0 Å². The Morgan fingerprint density at radius 1 is 0.423 bits per heavy atom. The van der Waals surface area contributed by atoms with Gasteiger partial charge in [0.15, 0.2) is 24.8 Å². The second-order valence-electron chi connectivity index (χ2n) is 23.2. The Kier molecular flexibility index (Phi) is 10.3. The average molecular weight is 959 g/mol. The van der Waals surface area contributed by atoms with Crippen LogP contribution in [0, 0.1) is 26.7 Å². The summed E-state index contributed by atoms with van der Waals surface area (Å²) in [7, 11) is -3.16. The molecule has 9 aromatic rings. The zero-order valence-corrected chi connectivity index (χ0v) is 45.4. The van der Waals surface area contributed by atoms with Gasteiger partial charge >= 0.3 is 11.3 Å². The minimum absolute atomic E-state index is 0.402. The fourth-order valence-corrected chi connectivity index (χ4v) is 16.6. The van der Waals surface area contributed by atoms with Crippen LogP contribution in [0.3, 0.4) is 0 Å². The van der Waals surface area contributed by atoms with Gasteiger partial charge in [-0.2, -0.15) is 0 Å². The molecule has 13 rings (SSSR count). The molecule has 0 saturated carbocycles. The lowest BCUT2D eigenvalue weighted by molar-refractivity contribution is -0.955. The monoisotopic (exact) mass is 958 g/mol. The van der Waals surface area contributed by atoms with Crippen molar-refractivity contribution in [3.05, 3.63) is 227 Å². The standard InChI is InChI=1S/C33H30N2Si.C32H36N2Si/c1-23-20-31-27-21-25(24-12-6-5-7-13-24)17-18-29(27)33(35(31)22-32(23)36(2,3)4)28-15-9-8-14-26(28)30-16-10-11-19-34(30)33;1-21(2)16-24-19-29-26-18-22(3)17-23(4)31(26)32(34(29)20-30(24)35(5,6)7)27-13-9-8-12-25(27)28-14-10-11-15-33(28)32/h5-22H,1-4H3;8-15,17-21H,16H2,1-7H3/q2*+2. The van der Waals surface area contributed by atoms with Crippen molar-refractivity contribution in [2.75, 3.05) is 0 Å². The van der Waals surface area contributed by atoms with Gasteiger partial charge in [0.1, 0.15) is 22.3 Å². The van der Waals surface area contributed by atoms with Gasteiger partial charge in [-0.05, 0) is 121 Å². The maximum Gasteiger partial charge on any atom is 0.417 e. The maximum absolute atomic E-state index is 2.64. The molecule has 5 aromatic carbocycles. The Bertz CT molecular complexity index is 3580. The van der Waals surface area contributed by atoms with Crippen molar-refractivity contribution in [2.45, 2.75) is 91.6 Å². The molecular weight excluding hydrogens is 893 g/mol. The Labute approximate surface area is 423 Å². The molecule has 350 valence electrons. The lowest BCUT2D eigenvalue weighted by atomic mass is 9.86. The van der Waals surface area contributed by atoms with E-state index in [0.29, 0.717) is 5.92 Å². The Balaban J connectivity index is 0.000000146. The number of pyridine rings is 4. The zero-order chi connectivity index (χ0) is 49.4. The van der Waals surface area contributed by atoms with E-state index < -0.39 is 27.5 Å². The molecule has 0 amide bonds. The fraction of sp³-hybridized carbons (Fsp3) is 0.231. The van der Waals surface area contributed by atoms with E-state index in [1.165, 1.54) is 106 Å². The number of fused-ring (bicyclic) bond motifs is 20. The zero-order valence-electron chi connectivity index (χ0n) is 43.4. The highest BCUT2D eigenvalue weighted by molar-refractivity contribution is 6.89. The van der Waals surface area contributed by atoms with Crippen LogP contribution in [0.5, 0.6) is 0 Å². The lowest BCUT2D eigenvalue weighted by Gasteiger charge is -2.23. The van der Waals surface area contributed by atoms with Gasteiger partial charge in [-0.25, -0.2) is 0 Å². The van der Waals surface area contributed by atoms with Gasteiger partial charge in [0.05, 0.1) is 38.4 Å². The van der Waals surface area contributed by atoms with Gasteiger partial charge in [0.2, 0.25) is 22.8 Å². The first kappa shape index (κ1) is 45.3. The summed E-state index contributed by atoms with van der Waals surface area (Å²) >= 11 is 0. The fourth-order valence-electron chi connectivity index (χ4n) is 13.2. The normalized spacial score (nSPS) is 17.2. The van der Waals surface area contributed by atoms with E-state index in [9.17, 15) is 0 Å². The summed E-state index contributed by atoms with van der Waals surface area (Å²) in [5.74, 6) is 0.629. The van der Waals surface area contributed by atoms with Crippen molar-refractivity contribution in [1.82, 2.24) is 0 Å². The summed E-state index contributed by atoms with van der Waals surface area (Å²) in [5.41, 5.74) is 23.3. The highest BCUT2D eigenvalue weighted by Crippen LogP contribution is 2.50. The van der Waals surface area contributed by atoms with E-state index >= 15 is 0 Å². The van der Waals surface area contributed by atoms with Crippen molar-refractivity contribution in [3.8, 4) is 56.2 Å². The quantitative estimate of drug-likeness (QED) is 0.121. The molecule has 2 spiro atoms. The van der Waals surface area contributed by atoms with Crippen molar-refractivity contribution in [3.63, 3.8) is 0 Å². The number of benzene rings is 5. The molecule has 4 aromatic heterocycles. The van der Waals surface area contributed by atoms with Crippen LogP contribution in [-0.4, -0.2) is 16.1 Å². The third-order valence-electron chi connectivity index (χ3n) is 15.9. The summed E-state index contributed by atoms with van der Waals surface area (Å²) in [4.78, 5) is 0. The molecule has 2 unspecified atom stereocenters. The summed E-state index contributed by atoms with van der Waals surface area (Å²) in [6.45, 7) is 26.4. The van der Waals surface area contributed by atoms with Gasteiger partial charge in [0.25, 0.3) is 0 Å². The molecule has 4 nitrogen and oxygen atoms in total. The number of aromatic nitrogens is 4. The number of rotatable bonds is 5. The molecule has 0 N–H and O–H groups in total. The predicted octanol–water partition coefficient (Wildman–Crippen LogP) is 11.9. The summed E-state index contributed by atoms with van der Waals surface area (Å²) in [5, 5.41) is 3.10. The molecule has 0 saturated heterocycles. The van der Waals surface area contributed by atoms with Gasteiger partial charge in [-0.1, -0.05) is 120 Å². The van der Waals surface area contributed by atoms with E-state index in [4.69, 9.17) is 0 Å². The Hall–Kier alpha value is -6.87. The SMILES string of the molecule is Cc1cc(C)c2c(c1)-c1cc(CC(C)C)c([Si](C)(C)C)c[n+]1C21c2ccccc2-c2cccc[n+]21.Cc1cc2[n+](cc1[Si](C)(C)C)C1(c3ccccc3-c3cccc[n+]31)c1ccc(-c3ccccc3)cc1-2. The van der Waals surface area contributed by atoms with Crippen LogP contribution in [0.4, 0.5) is 0 Å². The third-order valence-corrected chi connectivity index (χ3v) is 20.1. The van der Waals surface area contributed by atoms with E-state index in [2.05, 4.69) is 275 Å². The highest BCUT2D eigenvalue weighted by Gasteiger charge is 2.68. The molecule has 0 bridgehead atoms. The first-order valence-electron chi connectivity index (χ1n) is 25.8. The molecule has 6 heteroatoms. The molecule has 8 heterocycles. The smallest absolute Gasteiger partial charge is 0.126 e. The first-order chi connectivity index (χ1) is 34.0. The highest BCUT2D eigenvalue weighted by atomic mass is 28.3. The van der Waals surface area contributed by atoms with Crippen molar-refractivity contribution < 1.29 is 18.3 Å². The summed E-state index contributed by atoms with van der Waals surface area (Å²) in [6, 6.07) is 58.8. The average Bonchev–Trinajstić information content (AvgIpc) is 4.01. The van der Waals surface area contributed by atoms with Crippen molar-refractivity contribution >= 4 is 26.5 Å². The van der Waals surface area contributed by atoms with Crippen LogP contribution in [0.2, 0.25) is 39.3 Å². The minimum atomic E-state index is -1.60. The van der Waals surface area contributed by atoms with Gasteiger partial charge in [-0.15, -0.1) is 18.3 Å². The molecule has 0 aliphatic carbocycles. The van der Waals surface area contributed by atoms with Gasteiger partial charge in [-0.3, -0.25) is 0 Å². The topological polar surface area (TPSA) is 15.5 Å². The van der Waals surface area contributed by atoms with Crippen LogP contribution < -0.4 is 28.6 Å². The first-order valence-corrected chi connectivity index (χ1v) is 32.8. The van der Waals surface area contributed by atoms with Gasteiger partial charge < -0.3 is 0 Å². The molecule has 2 atom stereocenters. The minimum Gasteiger partial charge on any atom is -0.126 e. The van der Waals surface area contributed by atoms with E-state index in [1.54, 1.807) is 5.19 Å². The van der Waals surface area contributed by atoms with E-state index in [-0.39, 0.29) is 0 Å². The van der Waals surface area contributed by atoms with Crippen LogP contribution in [0.1, 0.15) is 58.4 Å². The molecular formula is C65H66N4Si2+4.